The summed E-state index contributed by atoms with van der Waals surface area (Å²) in [5.74, 6) is 0.481. The largest absolute Gasteiger partial charge is 0.0651 e. The first kappa shape index (κ1) is 26.7. The molecule has 0 aliphatic rings. The molecule has 0 atom stereocenters. The van der Waals surface area contributed by atoms with Crippen LogP contribution in [0, 0.1) is 0 Å². The molecule has 32 heavy (non-hydrogen) atoms. The Balaban J connectivity index is 2.82. The number of rotatable bonds is 14. The number of hydrogen-bond acceptors (Lipinski definition) is 0. The second-order valence-electron chi connectivity index (χ2n) is 9.77. The van der Waals surface area contributed by atoms with E-state index < -0.39 is 0 Å². The molecule has 0 nitrogen and oxygen atoms in total. The summed E-state index contributed by atoms with van der Waals surface area (Å²) in [4.78, 5) is 0. The van der Waals surface area contributed by atoms with Crippen molar-refractivity contribution < 1.29 is 0 Å². The van der Waals surface area contributed by atoms with E-state index in [1.165, 1.54) is 77.0 Å². The minimum absolute atomic E-state index is 0.481. The van der Waals surface area contributed by atoms with E-state index in [1.54, 1.807) is 44.5 Å². The number of benzene rings is 2. The molecular weight excluding hydrogens is 384 g/mol. The molecule has 0 saturated carbocycles. The Morgan fingerprint density at radius 3 is 1.03 bits per heavy atom. The Morgan fingerprint density at radius 1 is 0.438 bits per heavy atom. The highest BCUT2D eigenvalue weighted by Crippen LogP contribution is 2.39. The lowest BCUT2D eigenvalue weighted by atomic mass is 9.76. The quantitative estimate of drug-likeness (QED) is 0.277. The van der Waals surface area contributed by atoms with Crippen LogP contribution in [0.3, 0.4) is 0 Å². The second-order valence-corrected chi connectivity index (χ2v) is 9.77. The van der Waals surface area contributed by atoms with Gasteiger partial charge in [-0.15, -0.1) is 0 Å². The van der Waals surface area contributed by atoms with Gasteiger partial charge in [0.15, 0.2) is 0 Å². The normalized spacial score (nSPS) is 11.5. The maximum Gasteiger partial charge on any atom is 0.00721 e. The maximum absolute atomic E-state index is 2.53. The van der Waals surface area contributed by atoms with Crippen LogP contribution in [0.5, 0.6) is 0 Å². The van der Waals surface area contributed by atoms with Gasteiger partial charge in [0, 0.05) is 5.92 Å². The minimum atomic E-state index is 0.481. The van der Waals surface area contributed by atoms with E-state index in [4.69, 9.17) is 0 Å². The van der Waals surface area contributed by atoms with Crippen molar-refractivity contribution in [3.8, 4) is 0 Å². The molecule has 0 spiro atoms. The summed E-state index contributed by atoms with van der Waals surface area (Å²) in [6.45, 7) is 16.6. The van der Waals surface area contributed by atoms with Crippen LogP contribution in [0.1, 0.15) is 137 Å². The molecule has 0 heterocycles. The van der Waals surface area contributed by atoms with Crippen LogP contribution in [-0.2, 0) is 38.5 Å². The van der Waals surface area contributed by atoms with Crippen LogP contribution in [0.15, 0.2) is 24.3 Å². The van der Waals surface area contributed by atoms with Crippen molar-refractivity contribution >= 4 is 0 Å². The van der Waals surface area contributed by atoms with E-state index in [-0.39, 0.29) is 0 Å². The van der Waals surface area contributed by atoms with Crippen LogP contribution < -0.4 is 0 Å². The Labute approximate surface area is 200 Å². The van der Waals surface area contributed by atoms with Gasteiger partial charge in [-0.05, 0) is 83.0 Å². The van der Waals surface area contributed by atoms with Gasteiger partial charge in [0.2, 0.25) is 0 Å². The highest BCUT2D eigenvalue weighted by atomic mass is 14.3. The fourth-order valence-electron chi connectivity index (χ4n) is 5.81. The van der Waals surface area contributed by atoms with Gasteiger partial charge in [-0.2, -0.15) is 0 Å². The smallest absolute Gasteiger partial charge is 0.00721 e. The first-order valence-corrected chi connectivity index (χ1v) is 13.8. The summed E-state index contributed by atoms with van der Waals surface area (Å²) >= 11 is 0. The van der Waals surface area contributed by atoms with Crippen molar-refractivity contribution in [3.63, 3.8) is 0 Å². The van der Waals surface area contributed by atoms with Crippen molar-refractivity contribution in [1.29, 1.82) is 0 Å². The molecule has 0 unspecified atom stereocenters. The predicted octanol–water partition coefficient (Wildman–Crippen LogP) is 9.55. The van der Waals surface area contributed by atoms with Crippen molar-refractivity contribution in [2.75, 3.05) is 0 Å². The van der Waals surface area contributed by atoms with Crippen LogP contribution in [0.25, 0.3) is 0 Å². The van der Waals surface area contributed by atoms with Crippen molar-refractivity contribution in [1.82, 2.24) is 0 Å². The fourth-order valence-corrected chi connectivity index (χ4v) is 5.81. The zero-order valence-electron chi connectivity index (χ0n) is 22.4. The minimum Gasteiger partial charge on any atom is -0.0651 e. The molecule has 0 bridgehead atoms. The second kappa shape index (κ2) is 13.9. The molecule has 0 aliphatic carbocycles. The van der Waals surface area contributed by atoms with E-state index >= 15 is 0 Å². The van der Waals surface area contributed by atoms with Crippen molar-refractivity contribution in [3.05, 3.63) is 68.8 Å². The highest BCUT2D eigenvalue weighted by Gasteiger charge is 2.24. The lowest BCUT2D eigenvalue weighted by molar-refractivity contribution is 0.758. The van der Waals surface area contributed by atoms with E-state index in [0.717, 1.165) is 0 Å². The monoisotopic (exact) mass is 434 g/mol. The van der Waals surface area contributed by atoms with Gasteiger partial charge in [0.05, 0.1) is 0 Å². The lowest BCUT2D eigenvalue weighted by Gasteiger charge is -2.29. The summed E-state index contributed by atoms with van der Waals surface area (Å²) in [5.41, 5.74) is 13.1. The van der Waals surface area contributed by atoms with Gasteiger partial charge in [0.25, 0.3) is 0 Å². The van der Waals surface area contributed by atoms with Crippen LogP contribution in [-0.4, -0.2) is 0 Å². The van der Waals surface area contributed by atoms with E-state index in [1.807, 2.05) is 0 Å². The van der Waals surface area contributed by atoms with Gasteiger partial charge in [-0.25, -0.2) is 0 Å². The molecule has 0 amide bonds. The molecule has 0 aromatic heterocycles. The first-order chi connectivity index (χ1) is 15.6. The van der Waals surface area contributed by atoms with Crippen LogP contribution in [0.4, 0.5) is 0 Å². The average Bonchev–Trinajstić information content (AvgIpc) is 2.78. The molecular formula is C32H50. The highest BCUT2D eigenvalue weighted by molar-refractivity contribution is 5.53. The zero-order chi connectivity index (χ0) is 23.5. The van der Waals surface area contributed by atoms with Gasteiger partial charge in [-0.1, -0.05) is 111 Å². The van der Waals surface area contributed by atoms with E-state index in [2.05, 4.69) is 72.7 Å². The van der Waals surface area contributed by atoms with Crippen LogP contribution in [0.2, 0.25) is 0 Å². The molecule has 0 aliphatic heterocycles. The third-order valence-corrected chi connectivity index (χ3v) is 7.03. The summed E-state index contributed by atoms with van der Waals surface area (Å²) < 4.78 is 0. The SMILES string of the molecule is CCCc1ccc(CCC)c(C(C)c2c(CCC)ccc(CCC)c2CCC)c1CCC. The van der Waals surface area contributed by atoms with Gasteiger partial charge >= 0.3 is 0 Å². The van der Waals surface area contributed by atoms with Gasteiger partial charge in [-0.3, -0.25) is 0 Å². The third kappa shape index (κ3) is 6.27. The predicted molar refractivity (Wildman–Crippen MR) is 144 cm³/mol. The lowest BCUT2D eigenvalue weighted by Crippen LogP contribution is -2.14. The summed E-state index contributed by atoms with van der Waals surface area (Å²) in [7, 11) is 0. The maximum atomic E-state index is 2.53. The Kier molecular flexibility index (Phi) is 11.6. The fraction of sp³-hybridized carbons (Fsp3) is 0.625. The number of aryl methyl sites for hydroxylation is 4. The summed E-state index contributed by atoms with van der Waals surface area (Å²) in [6.07, 6.45) is 14.6. The Morgan fingerprint density at radius 2 is 0.719 bits per heavy atom. The third-order valence-electron chi connectivity index (χ3n) is 7.03. The molecule has 2 aromatic carbocycles. The van der Waals surface area contributed by atoms with Crippen molar-refractivity contribution in [2.45, 2.75) is 131 Å². The standard InChI is InChI=1S/C32H50/c1-8-14-25-20-22-27(16-10-3)31(29(25)18-12-5)24(7)32-28(17-11-4)23-21-26(15-9-2)30(32)19-13-6/h20-24H,8-19H2,1-7H3. The molecule has 0 heteroatoms. The molecule has 0 saturated heterocycles. The molecule has 2 aromatic rings. The first-order valence-electron chi connectivity index (χ1n) is 13.8. The van der Waals surface area contributed by atoms with Gasteiger partial charge in [0.1, 0.15) is 0 Å². The van der Waals surface area contributed by atoms with Gasteiger partial charge < -0.3 is 0 Å². The van der Waals surface area contributed by atoms with Crippen LogP contribution >= 0.6 is 0 Å². The molecule has 0 fully saturated rings. The van der Waals surface area contributed by atoms with Crippen molar-refractivity contribution in [2.24, 2.45) is 0 Å². The topological polar surface area (TPSA) is 0 Å². The average molecular weight is 435 g/mol. The summed E-state index contributed by atoms with van der Waals surface area (Å²) in [6, 6.07) is 9.88. The molecule has 0 radical (unpaired) electrons. The van der Waals surface area contributed by atoms with E-state index in [9.17, 15) is 0 Å². The summed E-state index contributed by atoms with van der Waals surface area (Å²) in [5, 5.41) is 0. The molecule has 178 valence electrons. The molecule has 0 N–H and O–H groups in total. The number of hydrogen-bond donors (Lipinski definition) is 0. The Hall–Kier alpha value is -1.56. The zero-order valence-corrected chi connectivity index (χ0v) is 22.4. The molecule has 2 rings (SSSR count). The Bertz CT molecular complexity index is 757. The van der Waals surface area contributed by atoms with E-state index in [0.29, 0.717) is 5.92 Å².